The van der Waals surface area contributed by atoms with E-state index in [0.29, 0.717) is 6.54 Å². The quantitative estimate of drug-likeness (QED) is 0.574. The molecule has 0 fully saturated rings. The van der Waals surface area contributed by atoms with Gasteiger partial charge in [0.05, 0.1) is 7.11 Å². The predicted molar refractivity (Wildman–Crippen MR) is 103 cm³/mol. The molecule has 0 saturated carbocycles. The van der Waals surface area contributed by atoms with E-state index < -0.39 is 0 Å². The van der Waals surface area contributed by atoms with Crippen molar-refractivity contribution in [2.24, 2.45) is 0 Å². The smallest absolute Gasteiger partial charge is 0.244 e. The highest BCUT2D eigenvalue weighted by atomic mass is 32.2. The molecule has 1 atom stereocenters. The number of nitrogens with one attached hydrogen (secondary N) is 1. The van der Waals surface area contributed by atoms with Crippen molar-refractivity contribution in [2.45, 2.75) is 11.0 Å². The first-order valence-corrected chi connectivity index (χ1v) is 9.16. The van der Waals surface area contributed by atoms with Crippen LogP contribution in [0.2, 0.25) is 0 Å². The molecule has 1 N–H and O–H groups in total. The molecule has 0 radical (unpaired) electrons. The molecule has 5 heteroatoms. The van der Waals surface area contributed by atoms with Gasteiger partial charge in [0, 0.05) is 30.2 Å². The van der Waals surface area contributed by atoms with E-state index in [1.165, 1.54) is 11.0 Å². The van der Waals surface area contributed by atoms with Gasteiger partial charge in [0.1, 0.15) is 11.9 Å². The Morgan fingerprint density at radius 2 is 1.88 bits per heavy atom. The van der Waals surface area contributed by atoms with Crippen LogP contribution in [0.5, 0.6) is 5.75 Å². The molecule has 1 amide bonds. The average Bonchev–Trinajstić information content (AvgIpc) is 2.67. The van der Waals surface area contributed by atoms with Crippen molar-refractivity contribution in [3.63, 3.8) is 0 Å². The van der Waals surface area contributed by atoms with E-state index in [2.05, 4.69) is 5.32 Å². The van der Waals surface area contributed by atoms with Crippen LogP contribution in [0.15, 0.2) is 59.5 Å². The molecule has 0 spiro atoms. The number of hydrogen-bond acceptors (Lipinski definition) is 4. The lowest BCUT2D eigenvalue weighted by Crippen LogP contribution is -2.27. The molecule has 4 nitrogen and oxygen atoms in total. The van der Waals surface area contributed by atoms with Crippen molar-refractivity contribution in [1.29, 1.82) is 0 Å². The topological polar surface area (TPSA) is 47.6 Å². The third kappa shape index (κ3) is 5.66. The highest BCUT2D eigenvalue weighted by Gasteiger charge is 2.15. The first-order valence-electron chi connectivity index (χ1n) is 7.93. The van der Waals surface area contributed by atoms with Crippen LogP contribution in [-0.4, -0.2) is 32.9 Å². The number of thioether (sulfide) groups is 1. The van der Waals surface area contributed by atoms with Crippen LogP contribution < -0.4 is 10.1 Å². The lowest BCUT2D eigenvalue weighted by molar-refractivity contribution is -0.117. The van der Waals surface area contributed by atoms with Crippen molar-refractivity contribution in [2.75, 3.05) is 27.0 Å². The summed E-state index contributed by atoms with van der Waals surface area (Å²) in [5, 5.41) is 2.87. The molecule has 0 aromatic heterocycles. The summed E-state index contributed by atoms with van der Waals surface area (Å²) in [5.74, 6) is 0.582. The second-order valence-electron chi connectivity index (χ2n) is 5.32. The van der Waals surface area contributed by atoms with E-state index in [4.69, 9.17) is 9.47 Å². The van der Waals surface area contributed by atoms with Crippen LogP contribution in [0.1, 0.15) is 17.2 Å². The van der Waals surface area contributed by atoms with Crippen LogP contribution in [0, 0.1) is 0 Å². The molecular weight excluding hydrogens is 334 g/mol. The van der Waals surface area contributed by atoms with Gasteiger partial charge in [0.15, 0.2) is 0 Å². The summed E-state index contributed by atoms with van der Waals surface area (Å²) in [4.78, 5) is 13.3. The summed E-state index contributed by atoms with van der Waals surface area (Å²) < 4.78 is 10.8. The van der Waals surface area contributed by atoms with Gasteiger partial charge in [0.25, 0.3) is 0 Å². The van der Waals surface area contributed by atoms with E-state index in [1.807, 2.05) is 54.8 Å². The molecule has 25 heavy (non-hydrogen) atoms. The fraction of sp³-hybridized carbons (Fsp3) is 0.250. The first-order chi connectivity index (χ1) is 12.2. The average molecular weight is 357 g/mol. The van der Waals surface area contributed by atoms with Gasteiger partial charge >= 0.3 is 0 Å². The Labute approximate surface area is 153 Å². The van der Waals surface area contributed by atoms with E-state index in [9.17, 15) is 4.79 Å². The zero-order chi connectivity index (χ0) is 18.1. The van der Waals surface area contributed by atoms with Gasteiger partial charge < -0.3 is 14.8 Å². The minimum absolute atomic E-state index is 0.161. The van der Waals surface area contributed by atoms with Crippen LogP contribution in [-0.2, 0) is 9.53 Å². The van der Waals surface area contributed by atoms with Gasteiger partial charge in [-0.2, -0.15) is 0 Å². The van der Waals surface area contributed by atoms with E-state index >= 15 is 0 Å². The fourth-order valence-corrected chi connectivity index (χ4v) is 2.80. The fourth-order valence-electron chi connectivity index (χ4n) is 2.39. The van der Waals surface area contributed by atoms with Gasteiger partial charge in [-0.1, -0.05) is 30.3 Å². The number of methoxy groups -OCH3 is 2. The summed E-state index contributed by atoms with van der Waals surface area (Å²) in [6.07, 6.45) is 5.09. The van der Waals surface area contributed by atoms with Gasteiger partial charge in [-0.25, -0.2) is 0 Å². The van der Waals surface area contributed by atoms with Gasteiger partial charge in [-0.3, -0.25) is 4.79 Å². The van der Waals surface area contributed by atoms with Crippen LogP contribution in [0.4, 0.5) is 0 Å². The zero-order valence-corrected chi connectivity index (χ0v) is 15.5. The highest BCUT2D eigenvalue weighted by molar-refractivity contribution is 7.98. The van der Waals surface area contributed by atoms with Crippen LogP contribution in [0.25, 0.3) is 6.08 Å². The van der Waals surface area contributed by atoms with Gasteiger partial charge in [0.2, 0.25) is 5.91 Å². The largest absolute Gasteiger partial charge is 0.496 e. The summed E-state index contributed by atoms with van der Waals surface area (Å²) in [5.41, 5.74) is 1.89. The van der Waals surface area contributed by atoms with Crippen molar-refractivity contribution in [1.82, 2.24) is 5.32 Å². The zero-order valence-electron chi connectivity index (χ0n) is 14.7. The molecule has 0 aliphatic heterocycles. The number of para-hydroxylation sites is 1. The van der Waals surface area contributed by atoms with Gasteiger partial charge in [-0.05, 0) is 36.1 Å². The molecule has 0 aliphatic carbocycles. The molecule has 1 unspecified atom stereocenters. The van der Waals surface area contributed by atoms with Crippen LogP contribution in [0.3, 0.4) is 0 Å². The second-order valence-corrected chi connectivity index (χ2v) is 6.20. The Morgan fingerprint density at radius 1 is 1.16 bits per heavy atom. The number of rotatable bonds is 8. The van der Waals surface area contributed by atoms with Gasteiger partial charge in [-0.15, -0.1) is 11.8 Å². The third-order valence-corrected chi connectivity index (χ3v) is 4.52. The van der Waals surface area contributed by atoms with E-state index in [0.717, 1.165) is 16.9 Å². The number of carbonyl (C=O) groups is 1. The van der Waals surface area contributed by atoms with E-state index in [1.54, 1.807) is 32.1 Å². The predicted octanol–water partition coefficient (Wildman–Crippen LogP) is 3.93. The number of hydrogen-bond donors (Lipinski definition) is 1. The van der Waals surface area contributed by atoms with E-state index in [-0.39, 0.29) is 12.0 Å². The lowest BCUT2D eigenvalue weighted by Gasteiger charge is -2.18. The Hall–Kier alpha value is -2.24. The Bertz CT molecular complexity index is 713. The molecule has 0 bridgehead atoms. The normalized spacial score (nSPS) is 12.1. The standard InChI is InChI=1S/C20H23NO3S/c1-23-18-7-5-4-6-17(18)19(24-2)14-21-20(22)13-10-15-8-11-16(25-3)12-9-15/h4-13,19H,14H2,1-3H3,(H,21,22)/b13-10+. The first kappa shape index (κ1) is 19.1. The molecule has 0 heterocycles. The summed E-state index contributed by atoms with van der Waals surface area (Å²) >= 11 is 1.69. The van der Waals surface area contributed by atoms with Crippen molar-refractivity contribution >= 4 is 23.7 Å². The lowest BCUT2D eigenvalue weighted by atomic mass is 10.1. The number of amides is 1. The van der Waals surface area contributed by atoms with Crippen molar-refractivity contribution in [3.8, 4) is 5.75 Å². The maximum atomic E-state index is 12.1. The van der Waals surface area contributed by atoms with Crippen molar-refractivity contribution < 1.29 is 14.3 Å². The number of ether oxygens (including phenoxy) is 2. The molecular formula is C20H23NO3S. The molecule has 2 rings (SSSR count). The Balaban J connectivity index is 1.94. The minimum atomic E-state index is -0.269. The number of carbonyl (C=O) groups excluding carboxylic acids is 1. The summed E-state index contributed by atoms with van der Waals surface area (Å²) in [6.45, 7) is 0.367. The van der Waals surface area contributed by atoms with Crippen molar-refractivity contribution in [3.05, 3.63) is 65.7 Å². The summed E-state index contributed by atoms with van der Waals surface area (Å²) in [7, 11) is 3.24. The molecule has 0 saturated heterocycles. The molecule has 132 valence electrons. The number of benzene rings is 2. The monoisotopic (exact) mass is 357 g/mol. The van der Waals surface area contributed by atoms with Crippen LogP contribution >= 0.6 is 11.8 Å². The Morgan fingerprint density at radius 3 is 2.52 bits per heavy atom. The minimum Gasteiger partial charge on any atom is -0.496 e. The maximum absolute atomic E-state index is 12.1. The molecule has 0 aliphatic rings. The summed E-state index contributed by atoms with van der Waals surface area (Å²) in [6, 6.07) is 15.7. The SMILES string of the molecule is COc1ccccc1C(CNC(=O)/C=C/c1ccc(SC)cc1)OC. The molecule has 2 aromatic carbocycles. The molecule has 2 aromatic rings. The third-order valence-electron chi connectivity index (χ3n) is 3.77. The Kier molecular flexibility index (Phi) is 7.57. The second kappa shape index (κ2) is 9.91. The highest BCUT2D eigenvalue weighted by Crippen LogP contribution is 2.26. The maximum Gasteiger partial charge on any atom is 0.244 e.